The minimum absolute atomic E-state index is 0.966. The van der Waals surface area contributed by atoms with Gasteiger partial charge in [0, 0.05) is 10.7 Å². The van der Waals surface area contributed by atoms with Crippen LogP contribution in [0.25, 0.3) is 0 Å². The van der Waals surface area contributed by atoms with Gasteiger partial charge in [0.05, 0.1) is 5.69 Å². The van der Waals surface area contributed by atoms with Crippen LogP contribution in [0.5, 0.6) is 0 Å². The normalized spacial score (nSPS) is 10.9. The molecule has 0 saturated heterocycles. The summed E-state index contributed by atoms with van der Waals surface area (Å²) in [5, 5.41) is 0. The monoisotopic (exact) mass is 287 g/mol. The summed E-state index contributed by atoms with van der Waals surface area (Å²) in [6.45, 7) is 2.16. The molecule has 0 aliphatic carbocycles. The first kappa shape index (κ1) is 12.1. The molecule has 0 aromatic heterocycles. The summed E-state index contributed by atoms with van der Waals surface area (Å²) in [4.78, 5) is 4.43. The first-order valence-electron chi connectivity index (χ1n) is 5.66. The molecule has 0 atom stereocenters. The molecule has 0 bridgehead atoms. The van der Waals surface area contributed by atoms with E-state index in [2.05, 4.69) is 52.1 Å². The highest BCUT2D eigenvalue weighted by Gasteiger charge is 1.91. The van der Waals surface area contributed by atoms with Crippen LogP contribution < -0.4 is 0 Å². The van der Waals surface area contributed by atoms with Crippen molar-refractivity contribution < 1.29 is 0 Å². The van der Waals surface area contributed by atoms with Gasteiger partial charge in [-0.3, -0.25) is 4.99 Å². The molecule has 2 heteroatoms. The predicted octanol–water partition coefficient (Wildman–Crippen LogP) is 4.76. The molecule has 0 amide bonds. The van der Waals surface area contributed by atoms with Gasteiger partial charge in [0.2, 0.25) is 0 Å². The molecule has 86 valence electrons. The van der Waals surface area contributed by atoms with Crippen molar-refractivity contribution in [1.29, 1.82) is 0 Å². The lowest BCUT2D eigenvalue weighted by Gasteiger charge is -1.97. The quantitative estimate of drug-likeness (QED) is 0.722. The van der Waals surface area contributed by atoms with E-state index in [1.165, 1.54) is 5.56 Å². The van der Waals surface area contributed by atoms with E-state index in [4.69, 9.17) is 0 Å². The van der Waals surface area contributed by atoms with Crippen molar-refractivity contribution in [3.05, 3.63) is 64.1 Å². The Morgan fingerprint density at radius 1 is 1.00 bits per heavy atom. The zero-order valence-corrected chi connectivity index (χ0v) is 11.3. The summed E-state index contributed by atoms with van der Waals surface area (Å²) in [5.41, 5.74) is 3.45. The maximum atomic E-state index is 4.43. The van der Waals surface area contributed by atoms with Crippen molar-refractivity contribution in [2.75, 3.05) is 0 Å². The third kappa shape index (κ3) is 3.53. The van der Waals surface area contributed by atoms with E-state index in [0.29, 0.717) is 0 Å². The van der Waals surface area contributed by atoms with Crippen molar-refractivity contribution >= 4 is 27.8 Å². The molecule has 2 rings (SSSR count). The molecule has 0 saturated carbocycles. The second kappa shape index (κ2) is 5.78. The number of rotatable bonds is 3. The van der Waals surface area contributed by atoms with E-state index in [0.717, 1.165) is 22.1 Å². The van der Waals surface area contributed by atoms with Crippen molar-refractivity contribution in [3.8, 4) is 0 Å². The van der Waals surface area contributed by atoms with Crippen molar-refractivity contribution in [1.82, 2.24) is 0 Å². The molecule has 1 nitrogen and oxygen atoms in total. The second-order valence-electron chi connectivity index (χ2n) is 3.83. The molecule has 0 fully saturated rings. The Bertz CT molecular complexity index is 497. The van der Waals surface area contributed by atoms with E-state index in [1.807, 2.05) is 30.5 Å². The van der Waals surface area contributed by atoms with Gasteiger partial charge in [-0.05, 0) is 41.8 Å². The van der Waals surface area contributed by atoms with E-state index in [9.17, 15) is 0 Å². The van der Waals surface area contributed by atoms with Crippen molar-refractivity contribution in [3.63, 3.8) is 0 Å². The van der Waals surface area contributed by atoms with Gasteiger partial charge in [-0.2, -0.15) is 0 Å². The smallest absolute Gasteiger partial charge is 0.0630 e. The average molecular weight is 288 g/mol. The van der Waals surface area contributed by atoms with E-state index >= 15 is 0 Å². The van der Waals surface area contributed by atoms with Crippen LogP contribution in [0.1, 0.15) is 18.1 Å². The maximum absolute atomic E-state index is 4.43. The van der Waals surface area contributed by atoms with Gasteiger partial charge in [0.25, 0.3) is 0 Å². The number of aryl methyl sites for hydroxylation is 1. The summed E-state index contributed by atoms with van der Waals surface area (Å²) in [6, 6.07) is 16.4. The lowest BCUT2D eigenvalue weighted by atomic mass is 10.1. The largest absolute Gasteiger partial charge is 0.256 e. The molecule has 0 aliphatic rings. The zero-order valence-electron chi connectivity index (χ0n) is 9.73. The standard InChI is InChI=1S/C15H14BrN/c1-2-12-3-5-13(6-4-12)11-17-15-9-7-14(16)8-10-15/h3-11H,2H2,1H3. The van der Waals surface area contributed by atoms with Gasteiger partial charge in [-0.25, -0.2) is 0 Å². The molecule has 17 heavy (non-hydrogen) atoms. The summed E-state index contributed by atoms with van der Waals surface area (Å²) < 4.78 is 1.07. The molecule has 0 spiro atoms. The van der Waals surface area contributed by atoms with Gasteiger partial charge in [0.15, 0.2) is 0 Å². The van der Waals surface area contributed by atoms with Crippen molar-refractivity contribution in [2.45, 2.75) is 13.3 Å². The number of halogens is 1. The molecule has 0 heterocycles. The highest BCUT2D eigenvalue weighted by molar-refractivity contribution is 9.10. The second-order valence-corrected chi connectivity index (χ2v) is 4.75. The van der Waals surface area contributed by atoms with Crippen LogP contribution >= 0.6 is 15.9 Å². The van der Waals surface area contributed by atoms with Crippen molar-refractivity contribution in [2.24, 2.45) is 4.99 Å². The first-order chi connectivity index (χ1) is 8.28. The molecule has 0 N–H and O–H groups in total. The Morgan fingerprint density at radius 3 is 2.24 bits per heavy atom. The molecule has 0 aliphatic heterocycles. The number of nitrogens with zero attached hydrogens (tertiary/aromatic N) is 1. The highest BCUT2D eigenvalue weighted by atomic mass is 79.9. The van der Waals surface area contributed by atoms with E-state index < -0.39 is 0 Å². The van der Waals surface area contributed by atoms with Gasteiger partial charge in [-0.1, -0.05) is 47.1 Å². The Labute approximate surface area is 110 Å². The molecule has 2 aromatic carbocycles. The molecule has 0 unspecified atom stereocenters. The average Bonchev–Trinajstić information content (AvgIpc) is 2.39. The molecule has 0 radical (unpaired) electrons. The van der Waals surface area contributed by atoms with Crippen LogP contribution in [0.3, 0.4) is 0 Å². The number of aliphatic imine (C=N–C) groups is 1. The van der Waals surface area contributed by atoms with Gasteiger partial charge in [0.1, 0.15) is 0 Å². The van der Waals surface area contributed by atoms with Crippen LogP contribution in [0.15, 0.2) is 58.0 Å². The Hall–Kier alpha value is -1.41. The van der Waals surface area contributed by atoms with Crippen LogP contribution in [0.2, 0.25) is 0 Å². The lowest BCUT2D eigenvalue weighted by Crippen LogP contribution is -1.83. The summed E-state index contributed by atoms with van der Waals surface area (Å²) in [5.74, 6) is 0. The van der Waals surface area contributed by atoms with E-state index in [-0.39, 0.29) is 0 Å². The van der Waals surface area contributed by atoms with Crippen LogP contribution in [-0.4, -0.2) is 6.21 Å². The topological polar surface area (TPSA) is 12.4 Å². The van der Waals surface area contributed by atoms with E-state index in [1.54, 1.807) is 0 Å². The summed E-state index contributed by atoms with van der Waals surface area (Å²) in [6.07, 6.45) is 2.97. The van der Waals surface area contributed by atoms with Gasteiger partial charge < -0.3 is 0 Å². The van der Waals surface area contributed by atoms with Crippen LogP contribution in [-0.2, 0) is 6.42 Å². The highest BCUT2D eigenvalue weighted by Crippen LogP contribution is 2.16. The molecular formula is C15H14BrN. The van der Waals surface area contributed by atoms with Crippen LogP contribution in [0, 0.1) is 0 Å². The predicted molar refractivity (Wildman–Crippen MR) is 77.2 cm³/mol. The summed E-state index contributed by atoms with van der Waals surface area (Å²) >= 11 is 3.41. The van der Waals surface area contributed by atoms with Gasteiger partial charge >= 0.3 is 0 Å². The Morgan fingerprint density at radius 2 is 1.65 bits per heavy atom. The summed E-state index contributed by atoms with van der Waals surface area (Å²) in [7, 11) is 0. The number of hydrogen-bond donors (Lipinski definition) is 0. The Kier molecular flexibility index (Phi) is 4.10. The van der Waals surface area contributed by atoms with Crippen LogP contribution in [0.4, 0.5) is 5.69 Å². The minimum atomic E-state index is 0.966. The Balaban J connectivity index is 2.11. The zero-order chi connectivity index (χ0) is 12.1. The maximum Gasteiger partial charge on any atom is 0.0630 e. The lowest BCUT2D eigenvalue weighted by molar-refractivity contribution is 1.14. The fraction of sp³-hybridized carbons (Fsp3) is 0.133. The molecular weight excluding hydrogens is 274 g/mol. The first-order valence-corrected chi connectivity index (χ1v) is 6.46. The fourth-order valence-electron chi connectivity index (χ4n) is 1.52. The SMILES string of the molecule is CCc1ccc(C=Nc2ccc(Br)cc2)cc1. The number of benzene rings is 2. The number of hydrogen-bond acceptors (Lipinski definition) is 1. The molecule has 2 aromatic rings. The third-order valence-corrected chi connectivity index (χ3v) is 3.11. The minimum Gasteiger partial charge on any atom is -0.256 e. The van der Waals surface area contributed by atoms with Gasteiger partial charge in [-0.15, -0.1) is 0 Å². The fourth-order valence-corrected chi connectivity index (χ4v) is 1.78. The third-order valence-electron chi connectivity index (χ3n) is 2.58.